The van der Waals surface area contributed by atoms with E-state index in [1.165, 1.54) is 19.2 Å². The maximum Gasteiger partial charge on any atom is 0.148 e. The van der Waals surface area contributed by atoms with E-state index in [2.05, 4.69) is 38.1 Å². The molecule has 1 aliphatic carbocycles. The number of anilines is 1. The van der Waals surface area contributed by atoms with E-state index in [0.717, 1.165) is 10.3 Å². The molecule has 0 aromatic carbocycles. The quantitative estimate of drug-likeness (QED) is 0.833. The van der Waals surface area contributed by atoms with Crippen molar-refractivity contribution < 1.29 is 0 Å². The van der Waals surface area contributed by atoms with Gasteiger partial charge in [0.05, 0.1) is 4.47 Å². The number of nitrogens with one attached hydrogen (secondary N) is 1. The molecule has 5 heteroatoms. The molecule has 0 radical (unpaired) electrons. The van der Waals surface area contributed by atoms with Crippen molar-refractivity contribution in [3.05, 3.63) is 16.0 Å². The van der Waals surface area contributed by atoms with Gasteiger partial charge in [-0.3, -0.25) is 0 Å². The predicted octanol–water partition coefficient (Wildman–Crippen LogP) is 2.86. The van der Waals surface area contributed by atoms with E-state index in [9.17, 15) is 0 Å². The summed E-state index contributed by atoms with van der Waals surface area (Å²) in [6.45, 7) is 2.16. The van der Waals surface area contributed by atoms with Gasteiger partial charge in [0.2, 0.25) is 0 Å². The monoisotopic (exact) mass is 261 g/mol. The number of halogens is 2. The first-order valence-corrected chi connectivity index (χ1v) is 5.22. The smallest absolute Gasteiger partial charge is 0.148 e. The van der Waals surface area contributed by atoms with Crippen LogP contribution in [-0.2, 0) is 0 Å². The fraction of sp³-hybridized carbons (Fsp3) is 0.500. The van der Waals surface area contributed by atoms with Crippen LogP contribution in [-0.4, -0.2) is 15.5 Å². The van der Waals surface area contributed by atoms with Crippen LogP contribution in [0.4, 0.5) is 5.82 Å². The Kier molecular flexibility index (Phi) is 2.20. The highest BCUT2D eigenvalue weighted by Crippen LogP contribution is 2.39. The number of nitrogens with zero attached hydrogens (tertiary/aromatic N) is 2. The topological polar surface area (TPSA) is 37.8 Å². The minimum Gasteiger partial charge on any atom is -0.364 e. The highest BCUT2D eigenvalue weighted by atomic mass is 79.9. The zero-order valence-corrected chi connectivity index (χ0v) is 9.48. The van der Waals surface area contributed by atoms with Crippen molar-refractivity contribution in [1.29, 1.82) is 0 Å². The van der Waals surface area contributed by atoms with Crippen molar-refractivity contribution in [3.63, 3.8) is 0 Å². The Labute approximate surface area is 90.0 Å². The van der Waals surface area contributed by atoms with E-state index in [4.69, 9.17) is 11.6 Å². The van der Waals surface area contributed by atoms with Crippen molar-refractivity contribution in [2.24, 2.45) is 0 Å². The molecule has 1 heterocycles. The lowest BCUT2D eigenvalue weighted by molar-refractivity contribution is 0.817. The van der Waals surface area contributed by atoms with Crippen LogP contribution >= 0.6 is 27.5 Å². The summed E-state index contributed by atoms with van der Waals surface area (Å²) in [5.41, 5.74) is 0.209. The van der Waals surface area contributed by atoms with Crippen molar-refractivity contribution in [2.45, 2.75) is 25.3 Å². The molecule has 0 spiro atoms. The van der Waals surface area contributed by atoms with Gasteiger partial charge in [-0.05, 0) is 35.7 Å². The highest BCUT2D eigenvalue weighted by molar-refractivity contribution is 9.10. The third-order valence-corrected chi connectivity index (χ3v) is 3.43. The fourth-order valence-corrected chi connectivity index (χ4v) is 1.47. The molecule has 1 fully saturated rings. The second kappa shape index (κ2) is 3.10. The van der Waals surface area contributed by atoms with Crippen LogP contribution < -0.4 is 5.32 Å². The first-order chi connectivity index (χ1) is 6.11. The van der Waals surface area contributed by atoms with E-state index >= 15 is 0 Å². The molecule has 1 aromatic rings. The zero-order chi connectivity index (χ0) is 9.47. The first kappa shape index (κ1) is 9.21. The van der Waals surface area contributed by atoms with Gasteiger partial charge in [-0.15, -0.1) is 0 Å². The van der Waals surface area contributed by atoms with Crippen molar-refractivity contribution in [1.82, 2.24) is 9.97 Å². The summed E-state index contributed by atoms with van der Waals surface area (Å²) in [5, 5.41) is 3.76. The Bertz CT molecular complexity index is 338. The van der Waals surface area contributed by atoms with Crippen LogP contribution in [0.25, 0.3) is 0 Å². The summed E-state index contributed by atoms with van der Waals surface area (Å²) >= 11 is 9.17. The molecule has 0 atom stereocenters. The summed E-state index contributed by atoms with van der Waals surface area (Å²) in [5.74, 6) is 0.778. The Morgan fingerprint density at radius 3 is 2.85 bits per heavy atom. The zero-order valence-electron chi connectivity index (χ0n) is 7.14. The third-order valence-electron chi connectivity index (χ3n) is 2.17. The van der Waals surface area contributed by atoms with E-state index in [0.29, 0.717) is 5.15 Å². The van der Waals surface area contributed by atoms with Gasteiger partial charge in [-0.25, -0.2) is 9.97 Å². The molecule has 0 saturated heterocycles. The molecule has 0 amide bonds. The molecule has 0 aliphatic heterocycles. The van der Waals surface area contributed by atoms with Gasteiger partial charge in [0.25, 0.3) is 0 Å². The Morgan fingerprint density at radius 2 is 2.23 bits per heavy atom. The van der Waals surface area contributed by atoms with Gasteiger partial charge in [0, 0.05) is 5.54 Å². The third kappa shape index (κ3) is 1.94. The fourth-order valence-electron chi connectivity index (χ4n) is 1.03. The van der Waals surface area contributed by atoms with Gasteiger partial charge in [-0.2, -0.15) is 0 Å². The van der Waals surface area contributed by atoms with Crippen LogP contribution in [0.3, 0.4) is 0 Å². The lowest BCUT2D eigenvalue weighted by atomic mass is 10.3. The molecular formula is C8H9BrClN3. The van der Waals surface area contributed by atoms with Gasteiger partial charge in [-0.1, -0.05) is 11.6 Å². The van der Waals surface area contributed by atoms with E-state index in [1.807, 2.05) is 0 Å². The Morgan fingerprint density at radius 1 is 1.54 bits per heavy atom. The van der Waals surface area contributed by atoms with Crippen molar-refractivity contribution >= 4 is 33.3 Å². The van der Waals surface area contributed by atoms with Crippen LogP contribution in [0.2, 0.25) is 5.15 Å². The van der Waals surface area contributed by atoms with Crippen molar-refractivity contribution in [3.8, 4) is 0 Å². The molecule has 0 unspecified atom stereocenters. The van der Waals surface area contributed by atoms with Crippen LogP contribution in [0.1, 0.15) is 19.8 Å². The SMILES string of the molecule is CC1(Nc2ncnc(Cl)c2Br)CC1. The van der Waals surface area contributed by atoms with Crippen LogP contribution in [0, 0.1) is 0 Å². The summed E-state index contributed by atoms with van der Waals surface area (Å²) < 4.78 is 0.741. The summed E-state index contributed by atoms with van der Waals surface area (Å²) in [6, 6.07) is 0. The second-order valence-electron chi connectivity index (χ2n) is 3.51. The Balaban J connectivity index is 2.25. The average molecular weight is 263 g/mol. The number of hydrogen-bond acceptors (Lipinski definition) is 3. The summed E-state index contributed by atoms with van der Waals surface area (Å²) in [6.07, 6.45) is 3.82. The minimum absolute atomic E-state index is 0.209. The van der Waals surface area contributed by atoms with Gasteiger partial charge in [0.1, 0.15) is 17.3 Å². The lowest BCUT2D eigenvalue weighted by Crippen LogP contribution is -2.17. The number of aromatic nitrogens is 2. The van der Waals surface area contributed by atoms with Gasteiger partial charge in [0.15, 0.2) is 0 Å². The molecule has 1 aliphatic rings. The summed E-state index contributed by atoms with van der Waals surface area (Å²) in [7, 11) is 0. The molecule has 1 N–H and O–H groups in total. The maximum absolute atomic E-state index is 5.83. The second-order valence-corrected chi connectivity index (χ2v) is 4.66. The van der Waals surface area contributed by atoms with Gasteiger partial charge >= 0.3 is 0 Å². The average Bonchev–Trinajstić information content (AvgIpc) is 2.78. The molecule has 0 bridgehead atoms. The van der Waals surface area contributed by atoms with Crippen LogP contribution in [0.15, 0.2) is 10.8 Å². The molecule has 3 nitrogen and oxygen atoms in total. The molecule has 1 aromatic heterocycles. The Hall–Kier alpha value is -0.350. The predicted molar refractivity (Wildman–Crippen MR) is 56.0 cm³/mol. The van der Waals surface area contributed by atoms with E-state index in [-0.39, 0.29) is 5.54 Å². The highest BCUT2D eigenvalue weighted by Gasteiger charge is 2.37. The molecule has 1 saturated carbocycles. The molecule has 2 rings (SSSR count). The molecule has 70 valence electrons. The van der Waals surface area contributed by atoms with Crippen molar-refractivity contribution in [2.75, 3.05) is 5.32 Å². The summed E-state index contributed by atoms with van der Waals surface area (Å²) in [4.78, 5) is 7.97. The van der Waals surface area contributed by atoms with E-state index < -0.39 is 0 Å². The minimum atomic E-state index is 0.209. The normalized spacial score (nSPS) is 18.4. The van der Waals surface area contributed by atoms with E-state index in [1.54, 1.807) is 0 Å². The van der Waals surface area contributed by atoms with Crippen LogP contribution in [0.5, 0.6) is 0 Å². The van der Waals surface area contributed by atoms with Gasteiger partial charge < -0.3 is 5.32 Å². The lowest BCUT2D eigenvalue weighted by Gasteiger charge is -2.13. The molecular weight excluding hydrogens is 253 g/mol. The first-order valence-electron chi connectivity index (χ1n) is 4.05. The standard InChI is InChI=1S/C8H9BrClN3/c1-8(2-3-8)13-7-5(9)6(10)11-4-12-7/h4H,2-3H2,1H3,(H,11,12,13). The maximum atomic E-state index is 5.83. The molecule has 13 heavy (non-hydrogen) atoms. The number of rotatable bonds is 2. The number of hydrogen-bond donors (Lipinski definition) is 1. The largest absolute Gasteiger partial charge is 0.364 e.